The fourth-order valence-corrected chi connectivity index (χ4v) is 4.37. The standard InChI is InChI=1S/C21H33N5O3/c1-12-2-3-14(10-18(12)27)24-20-17(19(22)28)11-23-21(26-20)25-13-4-6-15(7-5-13)29-16-8-9-16/h11-16,18,27H,2-10H2,1H3,(H2,22,28)(H2,23,24,25,26)/t12-,13?,14?,15?,18-/m1/s1. The monoisotopic (exact) mass is 403 g/mol. The smallest absolute Gasteiger partial charge is 0.254 e. The topological polar surface area (TPSA) is 122 Å². The number of aliphatic hydroxyl groups excluding tert-OH is 1. The number of hydrogen-bond donors (Lipinski definition) is 4. The third kappa shape index (κ3) is 5.36. The van der Waals surface area contributed by atoms with Gasteiger partial charge in [-0.3, -0.25) is 4.79 Å². The van der Waals surface area contributed by atoms with Crippen LogP contribution in [0.25, 0.3) is 0 Å². The molecular weight excluding hydrogens is 370 g/mol. The average molecular weight is 404 g/mol. The molecule has 8 heteroatoms. The summed E-state index contributed by atoms with van der Waals surface area (Å²) < 4.78 is 6.02. The zero-order chi connectivity index (χ0) is 20.4. The number of nitrogens with zero attached hydrogens (tertiary/aromatic N) is 2. The molecule has 3 aliphatic rings. The van der Waals surface area contributed by atoms with Crippen LogP contribution in [0.15, 0.2) is 6.20 Å². The van der Waals surface area contributed by atoms with Crippen molar-refractivity contribution in [2.75, 3.05) is 10.6 Å². The van der Waals surface area contributed by atoms with Crippen LogP contribution in [0.4, 0.5) is 11.8 Å². The van der Waals surface area contributed by atoms with E-state index in [2.05, 4.69) is 27.5 Å². The summed E-state index contributed by atoms with van der Waals surface area (Å²) in [7, 11) is 0. The van der Waals surface area contributed by atoms with Crippen LogP contribution >= 0.6 is 0 Å². The number of anilines is 2. The third-order valence-corrected chi connectivity index (χ3v) is 6.47. The fourth-order valence-electron chi connectivity index (χ4n) is 4.37. The van der Waals surface area contributed by atoms with Crippen molar-refractivity contribution in [2.24, 2.45) is 11.7 Å². The number of ether oxygens (including phenoxy) is 1. The lowest BCUT2D eigenvalue weighted by molar-refractivity contribution is 0.0146. The first-order chi connectivity index (χ1) is 14.0. The largest absolute Gasteiger partial charge is 0.393 e. The average Bonchev–Trinajstić information content (AvgIpc) is 3.50. The molecule has 1 amide bonds. The van der Waals surface area contributed by atoms with E-state index in [1.54, 1.807) is 0 Å². The highest BCUT2D eigenvalue weighted by Gasteiger charge is 2.30. The molecule has 0 aliphatic heterocycles. The van der Waals surface area contributed by atoms with E-state index in [4.69, 9.17) is 10.5 Å². The fraction of sp³-hybridized carbons (Fsp3) is 0.762. The van der Waals surface area contributed by atoms with E-state index >= 15 is 0 Å². The number of nitrogens with one attached hydrogen (secondary N) is 2. The van der Waals surface area contributed by atoms with Crippen molar-refractivity contribution >= 4 is 17.7 Å². The van der Waals surface area contributed by atoms with E-state index < -0.39 is 5.91 Å². The van der Waals surface area contributed by atoms with Gasteiger partial charge in [-0.05, 0) is 63.7 Å². The summed E-state index contributed by atoms with van der Waals surface area (Å²) in [6, 6.07) is 0.371. The second-order valence-corrected chi connectivity index (χ2v) is 8.97. The van der Waals surface area contributed by atoms with Crippen molar-refractivity contribution in [3.05, 3.63) is 11.8 Å². The van der Waals surface area contributed by atoms with E-state index in [1.165, 1.54) is 19.0 Å². The second kappa shape index (κ2) is 8.83. The van der Waals surface area contributed by atoms with Crippen LogP contribution in [0, 0.1) is 5.92 Å². The van der Waals surface area contributed by atoms with Gasteiger partial charge in [-0.1, -0.05) is 6.92 Å². The number of aromatic nitrogens is 2. The Morgan fingerprint density at radius 3 is 2.34 bits per heavy atom. The van der Waals surface area contributed by atoms with Gasteiger partial charge in [-0.15, -0.1) is 0 Å². The van der Waals surface area contributed by atoms with Crippen molar-refractivity contribution < 1.29 is 14.6 Å². The molecule has 3 fully saturated rings. The first kappa shape index (κ1) is 20.3. The number of aliphatic hydroxyl groups is 1. The Bertz CT molecular complexity index is 718. The Morgan fingerprint density at radius 2 is 1.72 bits per heavy atom. The summed E-state index contributed by atoms with van der Waals surface area (Å²) in [5.41, 5.74) is 5.80. The molecule has 1 heterocycles. The normalized spacial score (nSPS) is 32.6. The minimum atomic E-state index is -0.554. The molecule has 3 atom stereocenters. The predicted octanol–water partition coefficient (Wildman–Crippen LogP) is 2.44. The Kier molecular flexibility index (Phi) is 6.20. The highest BCUT2D eigenvalue weighted by Crippen LogP contribution is 2.31. The zero-order valence-electron chi connectivity index (χ0n) is 17.1. The van der Waals surface area contributed by atoms with Crippen molar-refractivity contribution in [2.45, 2.75) is 95.1 Å². The number of hydrogen-bond acceptors (Lipinski definition) is 7. The van der Waals surface area contributed by atoms with Gasteiger partial charge >= 0.3 is 0 Å². The molecule has 1 aromatic rings. The summed E-state index contributed by atoms with van der Waals surface area (Å²) in [4.78, 5) is 20.7. The third-order valence-electron chi connectivity index (χ3n) is 6.47. The maximum Gasteiger partial charge on any atom is 0.254 e. The number of amides is 1. The van der Waals surface area contributed by atoms with Crippen LogP contribution in [0.5, 0.6) is 0 Å². The molecule has 3 saturated carbocycles. The molecule has 3 aliphatic carbocycles. The quantitative estimate of drug-likeness (QED) is 0.551. The van der Waals surface area contributed by atoms with E-state index in [0.29, 0.717) is 42.4 Å². The highest BCUT2D eigenvalue weighted by molar-refractivity contribution is 5.97. The van der Waals surface area contributed by atoms with Crippen LogP contribution in [0.1, 0.15) is 75.1 Å². The molecule has 160 valence electrons. The highest BCUT2D eigenvalue weighted by atomic mass is 16.5. The minimum absolute atomic E-state index is 0.0667. The summed E-state index contributed by atoms with van der Waals surface area (Å²) >= 11 is 0. The lowest BCUT2D eigenvalue weighted by Gasteiger charge is -2.32. The van der Waals surface area contributed by atoms with Gasteiger partial charge in [0.1, 0.15) is 5.82 Å². The Balaban J connectivity index is 1.37. The Hall–Kier alpha value is -1.93. The van der Waals surface area contributed by atoms with Crippen LogP contribution in [0.2, 0.25) is 0 Å². The molecule has 29 heavy (non-hydrogen) atoms. The first-order valence-electron chi connectivity index (χ1n) is 11.0. The van der Waals surface area contributed by atoms with Crippen LogP contribution in [0.3, 0.4) is 0 Å². The van der Waals surface area contributed by atoms with Gasteiger partial charge in [0, 0.05) is 18.3 Å². The summed E-state index contributed by atoms with van der Waals surface area (Å²) in [6.07, 6.45) is 11.1. The van der Waals surface area contributed by atoms with E-state index in [9.17, 15) is 9.90 Å². The Morgan fingerprint density at radius 1 is 1.07 bits per heavy atom. The van der Waals surface area contributed by atoms with Gasteiger partial charge in [0.15, 0.2) is 0 Å². The van der Waals surface area contributed by atoms with Gasteiger partial charge in [-0.25, -0.2) is 4.98 Å². The lowest BCUT2D eigenvalue weighted by atomic mass is 9.85. The summed E-state index contributed by atoms with van der Waals surface area (Å²) in [5.74, 6) is 0.702. The molecule has 4 rings (SSSR count). The van der Waals surface area contributed by atoms with Gasteiger partial charge in [0.05, 0.1) is 23.9 Å². The first-order valence-corrected chi connectivity index (χ1v) is 11.0. The maximum atomic E-state index is 11.8. The van der Waals surface area contributed by atoms with Crippen LogP contribution in [-0.4, -0.2) is 51.4 Å². The van der Waals surface area contributed by atoms with Gasteiger partial charge < -0.3 is 26.2 Å². The molecule has 1 aromatic heterocycles. The molecule has 0 radical (unpaired) electrons. The van der Waals surface area contributed by atoms with Crippen molar-refractivity contribution in [1.29, 1.82) is 0 Å². The molecule has 0 spiro atoms. The van der Waals surface area contributed by atoms with Crippen molar-refractivity contribution in [3.8, 4) is 0 Å². The van der Waals surface area contributed by atoms with Crippen LogP contribution < -0.4 is 16.4 Å². The molecular formula is C21H33N5O3. The molecule has 8 nitrogen and oxygen atoms in total. The lowest BCUT2D eigenvalue weighted by Crippen LogP contribution is -2.36. The maximum absolute atomic E-state index is 11.8. The molecule has 5 N–H and O–H groups in total. The SMILES string of the molecule is C[C@@H]1CCC(Nc2nc(NC3CCC(OC4CC4)CC3)ncc2C(N)=O)C[C@H]1O. The predicted molar refractivity (Wildman–Crippen MR) is 111 cm³/mol. The van der Waals surface area contributed by atoms with Gasteiger partial charge in [0.25, 0.3) is 5.91 Å². The number of nitrogens with two attached hydrogens (primary N) is 1. The van der Waals surface area contributed by atoms with Gasteiger partial charge in [-0.2, -0.15) is 4.98 Å². The minimum Gasteiger partial charge on any atom is -0.393 e. The number of rotatable bonds is 7. The summed E-state index contributed by atoms with van der Waals surface area (Å²) in [5, 5.41) is 16.9. The molecule has 0 bridgehead atoms. The Labute approximate surface area is 172 Å². The molecule has 1 unspecified atom stereocenters. The second-order valence-electron chi connectivity index (χ2n) is 8.97. The van der Waals surface area contributed by atoms with Crippen molar-refractivity contribution in [3.63, 3.8) is 0 Å². The van der Waals surface area contributed by atoms with E-state index in [1.807, 2.05) is 0 Å². The number of carbonyl (C=O) groups excluding carboxylic acids is 1. The number of carbonyl (C=O) groups is 1. The van der Waals surface area contributed by atoms with Gasteiger partial charge in [0.2, 0.25) is 5.95 Å². The molecule has 0 saturated heterocycles. The number of primary amides is 1. The summed E-state index contributed by atoms with van der Waals surface area (Å²) in [6.45, 7) is 2.06. The van der Waals surface area contributed by atoms with E-state index in [0.717, 1.165) is 38.5 Å². The van der Waals surface area contributed by atoms with E-state index in [-0.39, 0.29) is 17.7 Å². The molecule has 0 aromatic carbocycles. The van der Waals surface area contributed by atoms with Crippen LogP contribution in [-0.2, 0) is 4.74 Å². The zero-order valence-corrected chi connectivity index (χ0v) is 17.1. The van der Waals surface area contributed by atoms with Crippen molar-refractivity contribution in [1.82, 2.24) is 9.97 Å².